The number of thiophene rings is 1. The summed E-state index contributed by atoms with van der Waals surface area (Å²) in [4.78, 5) is 20.2. The molecule has 2 atom stereocenters. The summed E-state index contributed by atoms with van der Waals surface area (Å²) >= 11 is 8.17. The number of aliphatic hydroxyl groups excluding tert-OH is 1. The van der Waals surface area contributed by atoms with Crippen molar-refractivity contribution in [3.8, 4) is 5.00 Å². The first-order valence-electron chi connectivity index (χ1n) is 12.0. The van der Waals surface area contributed by atoms with Gasteiger partial charge in [0.1, 0.15) is 22.9 Å². The molecule has 2 aliphatic heterocycles. The summed E-state index contributed by atoms with van der Waals surface area (Å²) in [5, 5.41) is 29.8. The van der Waals surface area contributed by atoms with Crippen LogP contribution in [0.1, 0.15) is 46.5 Å². The van der Waals surface area contributed by atoms with E-state index >= 15 is 0 Å². The molecule has 2 N–H and O–H groups in total. The van der Waals surface area contributed by atoms with Gasteiger partial charge < -0.3 is 14.9 Å². The van der Waals surface area contributed by atoms with E-state index in [4.69, 9.17) is 21.3 Å². The first-order chi connectivity index (χ1) is 17.5. The number of ether oxygens (including phenoxy) is 1. The third-order valence-corrected chi connectivity index (χ3v) is 8.06. The molecule has 0 saturated carbocycles. The summed E-state index contributed by atoms with van der Waals surface area (Å²) in [6.07, 6.45) is 1.56. The number of aliphatic carboxylic acids is 1. The fourth-order valence-corrected chi connectivity index (χ4v) is 6.27. The quantitative estimate of drug-likeness (QED) is 0.460. The molecule has 0 amide bonds. The Hall–Kier alpha value is -2.63. The van der Waals surface area contributed by atoms with E-state index in [0.29, 0.717) is 56.4 Å². The highest BCUT2D eigenvalue weighted by atomic mass is 35.5. The number of carbonyl (C=O) groups is 1. The van der Waals surface area contributed by atoms with Crippen molar-refractivity contribution in [1.82, 2.24) is 19.7 Å². The Labute approximate surface area is 218 Å². The summed E-state index contributed by atoms with van der Waals surface area (Å²) in [5.41, 5.74) is 2.42. The van der Waals surface area contributed by atoms with E-state index in [9.17, 15) is 15.0 Å². The van der Waals surface area contributed by atoms with Gasteiger partial charge in [-0.1, -0.05) is 29.8 Å². The molecule has 3 aromatic rings. The van der Waals surface area contributed by atoms with Crippen LogP contribution in [0, 0.1) is 6.92 Å². The van der Waals surface area contributed by atoms with Gasteiger partial charge in [-0.25, -0.2) is 0 Å². The van der Waals surface area contributed by atoms with E-state index in [1.807, 2.05) is 46.7 Å². The number of nitrogens with zero attached hydrogens (tertiary/aromatic N) is 5. The number of carboxylic acid groups (broad SMARTS) is 1. The maximum Gasteiger partial charge on any atom is 0.321 e. The van der Waals surface area contributed by atoms with Crippen LogP contribution >= 0.6 is 22.9 Å². The standard InChI is InChI=1S/C25H28ClN5O4S/c1-15-28-29-23-20(7-4-10-32)27-22(17-5-2-3-6-19(17)26)18-13-16(36-24(18)31(15)23)14-21(25(33)34)30-8-11-35-12-9-30/h2-3,5-6,13,20-21,32H,4,7-12,14H2,1H3,(H,33,34). The van der Waals surface area contributed by atoms with Gasteiger partial charge in [0.25, 0.3) is 0 Å². The Morgan fingerprint density at radius 3 is 2.75 bits per heavy atom. The fraction of sp³-hybridized carbons (Fsp3) is 0.440. The number of aliphatic hydroxyl groups is 1. The summed E-state index contributed by atoms with van der Waals surface area (Å²) in [7, 11) is 0. The van der Waals surface area contributed by atoms with Crippen molar-refractivity contribution in [3.05, 3.63) is 63.0 Å². The molecule has 1 aromatic carbocycles. The van der Waals surface area contributed by atoms with E-state index in [0.717, 1.165) is 32.5 Å². The number of morpholine rings is 1. The third-order valence-electron chi connectivity index (χ3n) is 6.59. The lowest BCUT2D eigenvalue weighted by molar-refractivity contribution is -0.145. The topological polar surface area (TPSA) is 113 Å². The van der Waals surface area contributed by atoms with Crippen molar-refractivity contribution >= 4 is 34.6 Å². The molecule has 0 spiro atoms. The summed E-state index contributed by atoms with van der Waals surface area (Å²) in [5.74, 6) is 0.596. The third kappa shape index (κ3) is 4.83. The van der Waals surface area contributed by atoms with Gasteiger partial charge in [0, 0.05) is 47.1 Å². The highest BCUT2D eigenvalue weighted by molar-refractivity contribution is 7.15. The lowest BCUT2D eigenvalue weighted by Crippen LogP contribution is -2.48. The largest absolute Gasteiger partial charge is 0.480 e. The second-order valence-corrected chi connectivity index (χ2v) is 10.4. The molecule has 190 valence electrons. The summed E-state index contributed by atoms with van der Waals surface area (Å²) in [6.45, 7) is 4.21. The van der Waals surface area contributed by atoms with E-state index in [2.05, 4.69) is 10.2 Å². The van der Waals surface area contributed by atoms with Gasteiger partial charge in [-0.2, -0.15) is 0 Å². The van der Waals surface area contributed by atoms with Crippen LogP contribution < -0.4 is 0 Å². The van der Waals surface area contributed by atoms with Crippen LogP contribution in [0.15, 0.2) is 35.3 Å². The molecule has 4 heterocycles. The van der Waals surface area contributed by atoms with E-state index in [1.54, 1.807) is 0 Å². The predicted octanol–water partition coefficient (Wildman–Crippen LogP) is 3.28. The number of aromatic nitrogens is 3. The van der Waals surface area contributed by atoms with Gasteiger partial charge in [0.2, 0.25) is 0 Å². The average molecular weight is 530 g/mol. The number of rotatable bonds is 8. The van der Waals surface area contributed by atoms with Crippen molar-refractivity contribution in [2.75, 3.05) is 32.9 Å². The molecule has 2 aromatic heterocycles. The molecular formula is C25H28ClN5O4S. The molecule has 1 saturated heterocycles. The minimum Gasteiger partial charge on any atom is -0.480 e. The molecule has 0 radical (unpaired) electrons. The lowest BCUT2D eigenvalue weighted by atomic mass is 10.0. The SMILES string of the molecule is Cc1nnc2n1-c1sc(CC(C(=O)O)N3CCOCC3)cc1C(c1ccccc1Cl)=NC2CCCO. The van der Waals surface area contributed by atoms with E-state index in [-0.39, 0.29) is 12.6 Å². The summed E-state index contributed by atoms with van der Waals surface area (Å²) < 4.78 is 7.44. The number of aryl methyl sites for hydroxylation is 1. The Morgan fingerprint density at radius 1 is 1.25 bits per heavy atom. The number of halogens is 1. The number of hydrogen-bond acceptors (Lipinski definition) is 8. The Kier molecular flexibility index (Phi) is 7.49. The minimum atomic E-state index is -0.842. The molecule has 0 aliphatic carbocycles. The number of carboxylic acids is 1. The van der Waals surface area contributed by atoms with Crippen molar-refractivity contribution in [3.63, 3.8) is 0 Å². The van der Waals surface area contributed by atoms with Crippen LogP contribution in [0.4, 0.5) is 0 Å². The molecule has 0 bridgehead atoms. The maximum atomic E-state index is 12.2. The van der Waals surface area contributed by atoms with Gasteiger partial charge in [0.05, 0.1) is 18.9 Å². The van der Waals surface area contributed by atoms with E-state index < -0.39 is 12.0 Å². The Balaban J connectivity index is 1.62. The average Bonchev–Trinajstić information content (AvgIpc) is 3.43. The number of hydrogen-bond donors (Lipinski definition) is 2. The van der Waals surface area contributed by atoms with Crippen LogP contribution in [-0.4, -0.2) is 80.5 Å². The molecule has 11 heteroatoms. The van der Waals surface area contributed by atoms with Crippen LogP contribution in [0.2, 0.25) is 5.02 Å². The lowest BCUT2D eigenvalue weighted by Gasteiger charge is -2.31. The Morgan fingerprint density at radius 2 is 2.03 bits per heavy atom. The number of benzene rings is 1. The van der Waals surface area contributed by atoms with Crippen LogP contribution in [0.3, 0.4) is 0 Å². The minimum absolute atomic E-state index is 0.0601. The number of fused-ring (bicyclic) bond motifs is 3. The monoisotopic (exact) mass is 529 g/mol. The van der Waals surface area contributed by atoms with Gasteiger partial charge >= 0.3 is 5.97 Å². The van der Waals surface area contributed by atoms with Crippen molar-refractivity contribution < 1.29 is 19.7 Å². The van der Waals surface area contributed by atoms with Crippen LogP contribution in [-0.2, 0) is 16.0 Å². The second kappa shape index (κ2) is 10.8. The van der Waals surface area contributed by atoms with Gasteiger partial charge in [0.15, 0.2) is 5.82 Å². The van der Waals surface area contributed by atoms with E-state index in [1.165, 1.54) is 11.3 Å². The first kappa shape index (κ1) is 25.0. The van der Waals surface area contributed by atoms with Gasteiger partial charge in [-0.3, -0.25) is 19.3 Å². The second-order valence-electron chi connectivity index (χ2n) is 8.92. The molecule has 5 rings (SSSR count). The zero-order valence-corrected chi connectivity index (χ0v) is 21.5. The van der Waals surface area contributed by atoms with Gasteiger partial charge in [-0.15, -0.1) is 21.5 Å². The normalized spacial score (nSPS) is 18.8. The molecule has 2 aliphatic rings. The molecule has 1 fully saturated rings. The first-order valence-corrected chi connectivity index (χ1v) is 13.2. The highest BCUT2D eigenvalue weighted by Crippen LogP contribution is 2.39. The molecular weight excluding hydrogens is 502 g/mol. The molecule has 2 unspecified atom stereocenters. The fourth-order valence-electron chi connectivity index (χ4n) is 4.79. The number of aliphatic imine (C=N–C) groups is 1. The molecule has 36 heavy (non-hydrogen) atoms. The van der Waals surface area contributed by atoms with Crippen molar-refractivity contribution in [2.24, 2.45) is 4.99 Å². The maximum absolute atomic E-state index is 12.2. The zero-order chi connectivity index (χ0) is 25.2. The molecule has 9 nitrogen and oxygen atoms in total. The highest BCUT2D eigenvalue weighted by Gasteiger charge is 2.33. The Bertz CT molecular complexity index is 1280. The zero-order valence-electron chi connectivity index (χ0n) is 19.9. The summed E-state index contributed by atoms with van der Waals surface area (Å²) in [6, 6.07) is 8.68. The van der Waals surface area contributed by atoms with Crippen LogP contribution in [0.5, 0.6) is 0 Å². The van der Waals surface area contributed by atoms with Gasteiger partial charge in [-0.05, 0) is 31.9 Å². The van der Waals surface area contributed by atoms with Crippen LogP contribution in [0.25, 0.3) is 5.00 Å². The van der Waals surface area contributed by atoms with Crippen molar-refractivity contribution in [1.29, 1.82) is 0 Å². The predicted molar refractivity (Wildman–Crippen MR) is 138 cm³/mol. The smallest absolute Gasteiger partial charge is 0.321 e. The van der Waals surface area contributed by atoms with Crippen molar-refractivity contribution in [2.45, 2.75) is 38.3 Å².